The molecule has 1 amide bonds. The molecular weight excluding hydrogens is 470 g/mol. The molecule has 7 nitrogen and oxygen atoms in total. The second-order valence-electron chi connectivity index (χ2n) is 6.62. The van der Waals surface area contributed by atoms with Crippen LogP contribution in [-0.4, -0.2) is 42.2 Å². The Morgan fingerprint density at radius 3 is 2.40 bits per heavy atom. The van der Waals surface area contributed by atoms with E-state index in [1.54, 1.807) is 55.1 Å². The first-order valence-electron chi connectivity index (χ1n) is 8.68. The number of fused-ring (bicyclic) bond motifs is 1. The fourth-order valence-corrected chi connectivity index (χ4v) is 3.94. The Morgan fingerprint density at radius 2 is 1.77 bits per heavy atom. The van der Waals surface area contributed by atoms with Crippen molar-refractivity contribution in [3.05, 3.63) is 68.1 Å². The van der Waals surface area contributed by atoms with E-state index in [0.29, 0.717) is 37.3 Å². The van der Waals surface area contributed by atoms with Crippen molar-refractivity contribution in [3.63, 3.8) is 0 Å². The molecule has 154 valence electrons. The molecule has 0 aliphatic heterocycles. The van der Waals surface area contributed by atoms with E-state index >= 15 is 0 Å². The molecule has 0 aliphatic rings. The molecule has 3 aromatic heterocycles. The van der Waals surface area contributed by atoms with Gasteiger partial charge >= 0.3 is 0 Å². The summed E-state index contributed by atoms with van der Waals surface area (Å²) in [5.41, 5.74) is 2.69. The van der Waals surface area contributed by atoms with Gasteiger partial charge in [0.15, 0.2) is 11.3 Å². The second kappa shape index (κ2) is 8.07. The van der Waals surface area contributed by atoms with Gasteiger partial charge in [-0.2, -0.15) is 10.2 Å². The fraction of sp³-hybridized carbons (Fsp3) is 0.158. The van der Waals surface area contributed by atoms with Gasteiger partial charge in [-0.15, -0.1) is 0 Å². The van der Waals surface area contributed by atoms with Crippen molar-refractivity contribution in [3.8, 4) is 11.3 Å². The third-order valence-corrected chi connectivity index (χ3v) is 5.82. The van der Waals surface area contributed by atoms with E-state index in [4.69, 9.17) is 46.4 Å². The van der Waals surface area contributed by atoms with Gasteiger partial charge in [-0.05, 0) is 24.3 Å². The smallest absolute Gasteiger partial charge is 0.274 e. The monoisotopic (exact) mass is 482 g/mol. The van der Waals surface area contributed by atoms with Crippen molar-refractivity contribution in [1.82, 2.24) is 29.3 Å². The summed E-state index contributed by atoms with van der Waals surface area (Å²) in [6, 6.07) is 8.57. The van der Waals surface area contributed by atoms with Crippen LogP contribution in [0, 0.1) is 0 Å². The molecule has 11 heteroatoms. The molecule has 0 fully saturated rings. The highest BCUT2D eigenvalue weighted by atomic mass is 35.5. The number of benzene rings is 1. The predicted molar refractivity (Wildman–Crippen MR) is 117 cm³/mol. The van der Waals surface area contributed by atoms with Gasteiger partial charge in [0, 0.05) is 42.0 Å². The summed E-state index contributed by atoms with van der Waals surface area (Å²) in [6.45, 7) is 0.177. The maximum absolute atomic E-state index is 12.9. The van der Waals surface area contributed by atoms with Crippen LogP contribution in [0.2, 0.25) is 20.2 Å². The molecule has 0 atom stereocenters. The molecule has 0 radical (unpaired) electrons. The minimum Gasteiger partial charge on any atom is -0.334 e. The Balaban J connectivity index is 1.68. The Morgan fingerprint density at radius 1 is 1.07 bits per heavy atom. The molecule has 4 rings (SSSR count). The lowest BCUT2D eigenvalue weighted by atomic mass is 10.1. The van der Waals surface area contributed by atoms with Crippen LogP contribution < -0.4 is 0 Å². The molecule has 0 N–H and O–H groups in total. The van der Waals surface area contributed by atoms with E-state index in [1.807, 2.05) is 0 Å². The topological polar surface area (TPSA) is 68.3 Å². The van der Waals surface area contributed by atoms with Gasteiger partial charge in [-0.25, -0.2) is 9.50 Å². The van der Waals surface area contributed by atoms with E-state index in [1.165, 1.54) is 9.58 Å². The molecule has 1 aromatic carbocycles. The number of carbonyl (C=O) groups excluding carboxylic acids is 1. The lowest BCUT2D eigenvalue weighted by molar-refractivity contribution is 0.0777. The number of aryl methyl sites for hydroxylation is 1. The van der Waals surface area contributed by atoms with Crippen LogP contribution in [0.25, 0.3) is 16.9 Å². The fourth-order valence-electron chi connectivity index (χ4n) is 3.04. The number of halogens is 4. The predicted octanol–water partition coefficient (Wildman–Crippen LogP) is 5.02. The zero-order chi connectivity index (χ0) is 21.6. The second-order valence-corrected chi connectivity index (χ2v) is 8.23. The third kappa shape index (κ3) is 3.86. The average molecular weight is 484 g/mol. The van der Waals surface area contributed by atoms with Crippen molar-refractivity contribution in [2.24, 2.45) is 7.05 Å². The van der Waals surface area contributed by atoms with Crippen molar-refractivity contribution in [2.75, 3.05) is 7.05 Å². The van der Waals surface area contributed by atoms with E-state index in [-0.39, 0.29) is 18.1 Å². The van der Waals surface area contributed by atoms with E-state index in [9.17, 15) is 4.79 Å². The summed E-state index contributed by atoms with van der Waals surface area (Å²) < 4.78 is 3.03. The number of amides is 1. The van der Waals surface area contributed by atoms with Crippen LogP contribution in [0.1, 0.15) is 16.2 Å². The zero-order valence-electron chi connectivity index (χ0n) is 15.8. The number of nitrogens with zero attached hydrogens (tertiary/aromatic N) is 6. The largest absolute Gasteiger partial charge is 0.334 e. The van der Waals surface area contributed by atoms with Crippen LogP contribution in [0.15, 0.2) is 36.5 Å². The quantitative estimate of drug-likeness (QED) is 0.408. The molecule has 0 spiro atoms. The Hall–Kier alpha value is -2.32. The summed E-state index contributed by atoms with van der Waals surface area (Å²) in [7, 11) is 3.31. The molecule has 0 saturated carbocycles. The van der Waals surface area contributed by atoms with Crippen LogP contribution in [-0.2, 0) is 13.6 Å². The standard InChI is InChI=1S/C19H14Cl4N6O/c1-27(9-14-17(22)18(23)28(2)25-14)19(30)13-8-16-24-4-3-15(29(16)26-13)10-5-11(20)7-12(21)6-10/h3-8H,9H2,1-2H3. The SMILES string of the molecule is CN(Cc1nn(C)c(Cl)c1Cl)C(=O)c1cc2nccc(-c3cc(Cl)cc(Cl)c3)n2n1. The molecule has 4 aromatic rings. The number of carbonyl (C=O) groups is 1. The maximum Gasteiger partial charge on any atom is 0.274 e. The van der Waals surface area contributed by atoms with Crippen LogP contribution in [0.4, 0.5) is 0 Å². The number of aromatic nitrogens is 5. The van der Waals surface area contributed by atoms with Gasteiger partial charge in [0.1, 0.15) is 15.9 Å². The van der Waals surface area contributed by atoms with Gasteiger partial charge in [0.25, 0.3) is 5.91 Å². The van der Waals surface area contributed by atoms with E-state index in [2.05, 4.69) is 15.2 Å². The Kier molecular flexibility index (Phi) is 5.63. The first kappa shape index (κ1) is 20.9. The van der Waals surface area contributed by atoms with Crippen molar-refractivity contribution in [2.45, 2.75) is 6.54 Å². The summed E-state index contributed by atoms with van der Waals surface area (Å²) in [6.07, 6.45) is 1.63. The minimum atomic E-state index is -0.312. The minimum absolute atomic E-state index is 0.177. The highest BCUT2D eigenvalue weighted by molar-refractivity contribution is 6.41. The molecule has 0 aliphatic carbocycles. The first-order chi connectivity index (χ1) is 14.2. The zero-order valence-corrected chi connectivity index (χ0v) is 18.8. The highest BCUT2D eigenvalue weighted by Gasteiger charge is 2.21. The van der Waals surface area contributed by atoms with E-state index < -0.39 is 0 Å². The molecule has 0 unspecified atom stereocenters. The first-order valence-corrected chi connectivity index (χ1v) is 10.2. The molecule has 0 bridgehead atoms. The van der Waals surface area contributed by atoms with Crippen molar-refractivity contribution < 1.29 is 4.79 Å². The lowest BCUT2D eigenvalue weighted by Crippen LogP contribution is -2.27. The molecular formula is C19H14Cl4N6O. The summed E-state index contributed by atoms with van der Waals surface area (Å²) in [5.74, 6) is -0.312. The van der Waals surface area contributed by atoms with Crippen molar-refractivity contribution >= 4 is 58.0 Å². The summed E-state index contributed by atoms with van der Waals surface area (Å²) in [4.78, 5) is 18.7. The van der Waals surface area contributed by atoms with Crippen molar-refractivity contribution in [1.29, 1.82) is 0 Å². The summed E-state index contributed by atoms with van der Waals surface area (Å²) >= 11 is 24.5. The maximum atomic E-state index is 12.9. The number of hydrogen-bond donors (Lipinski definition) is 0. The van der Waals surface area contributed by atoms with Crippen LogP contribution in [0.5, 0.6) is 0 Å². The van der Waals surface area contributed by atoms with Gasteiger partial charge < -0.3 is 4.90 Å². The normalized spacial score (nSPS) is 11.3. The van der Waals surface area contributed by atoms with E-state index in [0.717, 1.165) is 5.56 Å². The van der Waals surface area contributed by atoms with Gasteiger partial charge in [-0.3, -0.25) is 9.48 Å². The summed E-state index contributed by atoms with van der Waals surface area (Å²) in [5, 5.41) is 10.3. The Labute approximate surface area is 191 Å². The number of rotatable bonds is 4. The van der Waals surface area contributed by atoms with Crippen LogP contribution in [0.3, 0.4) is 0 Å². The number of hydrogen-bond acceptors (Lipinski definition) is 4. The van der Waals surface area contributed by atoms with Gasteiger partial charge in [-0.1, -0.05) is 46.4 Å². The third-order valence-electron chi connectivity index (χ3n) is 4.46. The Bertz CT molecular complexity index is 1260. The molecule has 30 heavy (non-hydrogen) atoms. The lowest BCUT2D eigenvalue weighted by Gasteiger charge is -2.14. The van der Waals surface area contributed by atoms with Gasteiger partial charge in [0.2, 0.25) is 0 Å². The van der Waals surface area contributed by atoms with Gasteiger partial charge in [0.05, 0.1) is 12.2 Å². The molecule has 3 heterocycles. The highest BCUT2D eigenvalue weighted by Crippen LogP contribution is 2.28. The molecule has 0 saturated heterocycles. The van der Waals surface area contributed by atoms with Crippen LogP contribution >= 0.6 is 46.4 Å². The average Bonchev–Trinajstić information content (AvgIpc) is 3.23.